The minimum absolute atomic E-state index is 1.14. The lowest BCUT2D eigenvalue weighted by Crippen LogP contribution is -2.07. The Morgan fingerprint density at radius 2 is 0.484 bits per heavy atom. The predicted octanol–water partition coefficient (Wildman–Crippen LogP) is 18.4. The van der Waals surface area contributed by atoms with Crippen LogP contribution in [-0.4, -0.2) is 0 Å². The van der Waals surface area contributed by atoms with Crippen LogP contribution in [0.15, 0.2) is 194 Å². The predicted molar refractivity (Wildman–Crippen MR) is 273 cm³/mol. The highest BCUT2D eigenvalue weighted by molar-refractivity contribution is 7.22. The Kier molecular flexibility index (Phi) is 11.1. The topological polar surface area (TPSA) is 6.48 Å². The van der Waals surface area contributed by atoms with E-state index < -0.39 is 0 Å². The summed E-state index contributed by atoms with van der Waals surface area (Å²) in [5.41, 5.74) is 14.8. The molecule has 2 nitrogen and oxygen atoms in total. The van der Waals surface area contributed by atoms with Gasteiger partial charge in [-0.05, 0) is 132 Å². The van der Waals surface area contributed by atoms with Crippen molar-refractivity contribution in [1.29, 1.82) is 0 Å². The number of nitrogens with zero attached hydrogens (tertiary/aromatic N) is 2. The van der Waals surface area contributed by atoms with E-state index in [4.69, 9.17) is 0 Å². The van der Waals surface area contributed by atoms with E-state index in [2.05, 4.69) is 232 Å². The molecule has 0 saturated carbocycles. The summed E-state index contributed by atoms with van der Waals surface area (Å²) >= 11 is 7.42. The zero-order chi connectivity index (χ0) is 42.2. The number of rotatable bonds is 11. The number of benzene rings is 6. The van der Waals surface area contributed by atoms with Crippen LogP contribution in [0.3, 0.4) is 0 Å². The van der Waals surface area contributed by atoms with Crippen molar-refractivity contribution in [3.63, 3.8) is 0 Å². The molecular weight excluding hydrogens is 829 g/mol. The largest absolute Gasteiger partial charge is 0.293 e. The summed E-state index contributed by atoms with van der Waals surface area (Å²) in [5.74, 6) is 0. The highest BCUT2D eigenvalue weighted by Crippen LogP contribution is 2.50. The number of hydrogen-bond acceptors (Lipinski definition) is 6. The van der Waals surface area contributed by atoms with E-state index in [1.54, 1.807) is 0 Å². The third-order valence-electron chi connectivity index (χ3n) is 11.2. The maximum atomic E-state index is 2.44. The molecule has 4 heterocycles. The van der Waals surface area contributed by atoms with Crippen molar-refractivity contribution in [3.05, 3.63) is 216 Å². The third-order valence-corrected chi connectivity index (χ3v) is 16.3. The standard InChI is InChI=1S/C56H44N2S4/c1-37-33-49(59-53(37)43-17-9-5-10-18-43)57(50-34-38(2)54(60-50)44-19-11-6-12-20-44)47-29-25-41(26-30-47)42-27-31-48(32-28-42)58(51-35-39(3)55(61-51)45-21-13-7-14-22-45)52-36-40(4)56(62-52)46-23-15-8-16-24-46/h5-36H,1-4H3. The highest BCUT2D eigenvalue weighted by Gasteiger charge is 2.23. The molecule has 0 bridgehead atoms. The lowest BCUT2D eigenvalue weighted by atomic mass is 10.0. The number of anilines is 6. The molecule has 6 aromatic carbocycles. The van der Waals surface area contributed by atoms with Crippen LogP contribution in [0, 0.1) is 27.7 Å². The molecule has 0 unspecified atom stereocenters. The van der Waals surface area contributed by atoms with Gasteiger partial charge >= 0.3 is 0 Å². The van der Waals surface area contributed by atoms with Crippen molar-refractivity contribution in [2.45, 2.75) is 27.7 Å². The molecule has 0 aliphatic heterocycles. The Morgan fingerprint density at radius 3 is 0.710 bits per heavy atom. The summed E-state index contributed by atoms with van der Waals surface area (Å²) in [6.07, 6.45) is 0. The first-order valence-electron chi connectivity index (χ1n) is 20.8. The second-order valence-corrected chi connectivity index (χ2v) is 19.7. The van der Waals surface area contributed by atoms with E-state index in [1.165, 1.54) is 95.1 Å². The van der Waals surface area contributed by atoms with E-state index in [1.807, 2.05) is 45.3 Å². The Bertz CT molecular complexity index is 2700. The maximum Gasteiger partial charge on any atom is 0.101 e. The van der Waals surface area contributed by atoms with Crippen LogP contribution >= 0.6 is 45.3 Å². The fourth-order valence-electron chi connectivity index (χ4n) is 8.14. The van der Waals surface area contributed by atoms with E-state index in [0.717, 1.165) is 11.4 Å². The molecule has 0 aliphatic carbocycles. The molecular formula is C56H44N2S4. The van der Waals surface area contributed by atoms with Gasteiger partial charge in [-0.25, -0.2) is 0 Å². The van der Waals surface area contributed by atoms with Crippen LogP contribution in [0.25, 0.3) is 52.9 Å². The third kappa shape index (κ3) is 7.87. The minimum atomic E-state index is 1.14. The first kappa shape index (κ1) is 39.8. The number of hydrogen-bond donors (Lipinski definition) is 0. The van der Waals surface area contributed by atoms with Crippen molar-refractivity contribution in [2.75, 3.05) is 9.80 Å². The summed E-state index contributed by atoms with van der Waals surface area (Å²) < 4.78 is 0. The van der Waals surface area contributed by atoms with Crippen molar-refractivity contribution in [3.8, 4) is 52.9 Å². The second kappa shape index (κ2) is 17.2. The molecule has 4 aromatic heterocycles. The van der Waals surface area contributed by atoms with Gasteiger partial charge in [-0.3, -0.25) is 9.80 Å². The molecule has 0 fully saturated rings. The van der Waals surface area contributed by atoms with Gasteiger partial charge < -0.3 is 0 Å². The Hall–Kier alpha value is -6.28. The summed E-state index contributed by atoms with van der Waals surface area (Å²) in [6.45, 7) is 8.92. The summed E-state index contributed by atoms with van der Waals surface area (Å²) in [4.78, 5) is 10.1. The normalized spacial score (nSPS) is 11.2. The molecule has 10 aromatic rings. The van der Waals surface area contributed by atoms with Gasteiger partial charge in [0.05, 0.1) is 0 Å². The molecule has 6 heteroatoms. The van der Waals surface area contributed by atoms with Gasteiger partial charge in [-0.15, -0.1) is 45.3 Å². The van der Waals surface area contributed by atoms with E-state index in [9.17, 15) is 0 Å². The summed E-state index contributed by atoms with van der Waals surface area (Å²) in [5, 5.41) is 4.83. The molecule has 0 atom stereocenters. The molecule has 0 aliphatic rings. The van der Waals surface area contributed by atoms with Gasteiger partial charge in [-0.1, -0.05) is 146 Å². The average molecular weight is 873 g/mol. The molecule has 0 saturated heterocycles. The Labute approximate surface area is 380 Å². The van der Waals surface area contributed by atoms with Crippen LogP contribution in [0.5, 0.6) is 0 Å². The average Bonchev–Trinajstić information content (AvgIpc) is 4.10. The quantitative estimate of drug-likeness (QED) is 0.128. The van der Waals surface area contributed by atoms with Crippen LogP contribution < -0.4 is 9.80 Å². The first-order chi connectivity index (χ1) is 30.4. The van der Waals surface area contributed by atoms with Crippen molar-refractivity contribution >= 4 is 76.7 Å². The van der Waals surface area contributed by atoms with Crippen LogP contribution in [0.1, 0.15) is 22.3 Å². The summed E-state index contributed by atoms with van der Waals surface area (Å²) in [6, 6.07) is 70.6. The summed E-state index contributed by atoms with van der Waals surface area (Å²) in [7, 11) is 0. The fraction of sp³-hybridized carbons (Fsp3) is 0.0714. The highest BCUT2D eigenvalue weighted by atomic mass is 32.1. The van der Waals surface area contributed by atoms with Gasteiger partial charge in [0, 0.05) is 30.9 Å². The van der Waals surface area contributed by atoms with Crippen molar-refractivity contribution < 1.29 is 0 Å². The molecule has 0 spiro atoms. The van der Waals surface area contributed by atoms with Crippen LogP contribution in [-0.2, 0) is 0 Å². The van der Waals surface area contributed by atoms with Gasteiger partial charge in [0.2, 0.25) is 0 Å². The van der Waals surface area contributed by atoms with E-state index >= 15 is 0 Å². The number of thiophene rings is 4. The van der Waals surface area contributed by atoms with Gasteiger partial charge in [-0.2, -0.15) is 0 Å². The van der Waals surface area contributed by atoms with Gasteiger partial charge in [0.1, 0.15) is 20.0 Å². The maximum absolute atomic E-state index is 2.44. The lowest BCUT2D eigenvalue weighted by molar-refractivity contribution is 1.33. The SMILES string of the molecule is Cc1cc(N(c2ccc(-c3ccc(N(c4cc(C)c(-c5ccccc5)s4)c4cc(C)c(-c5ccccc5)s4)cc3)cc2)c2cc(C)c(-c3ccccc3)s2)sc1-c1ccccc1. The first-order valence-corrected chi connectivity index (χ1v) is 24.1. The zero-order valence-corrected chi connectivity index (χ0v) is 38.3. The molecule has 0 N–H and O–H groups in total. The second-order valence-electron chi connectivity index (χ2n) is 15.6. The minimum Gasteiger partial charge on any atom is -0.293 e. The molecule has 302 valence electrons. The smallest absolute Gasteiger partial charge is 0.101 e. The fourth-order valence-corrected chi connectivity index (χ4v) is 13.1. The van der Waals surface area contributed by atoms with Crippen LogP contribution in [0.2, 0.25) is 0 Å². The van der Waals surface area contributed by atoms with Crippen LogP contribution in [0.4, 0.5) is 31.4 Å². The molecule has 62 heavy (non-hydrogen) atoms. The lowest BCUT2D eigenvalue weighted by Gasteiger charge is -2.23. The van der Waals surface area contributed by atoms with E-state index in [0.29, 0.717) is 0 Å². The van der Waals surface area contributed by atoms with Crippen molar-refractivity contribution in [1.82, 2.24) is 0 Å². The monoisotopic (exact) mass is 872 g/mol. The zero-order valence-electron chi connectivity index (χ0n) is 35.0. The van der Waals surface area contributed by atoms with Crippen molar-refractivity contribution in [2.24, 2.45) is 0 Å². The molecule has 10 rings (SSSR count). The molecule has 0 radical (unpaired) electrons. The molecule has 0 amide bonds. The number of aryl methyl sites for hydroxylation is 4. The van der Waals surface area contributed by atoms with Gasteiger partial charge in [0.15, 0.2) is 0 Å². The Morgan fingerprint density at radius 1 is 0.258 bits per heavy atom. The van der Waals surface area contributed by atoms with E-state index in [-0.39, 0.29) is 0 Å². The Balaban J connectivity index is 1.01. The van der Waals surface area contributed by atoms with Gasteiger partial charge in [0.25, 0.3) is 0 Å².